The summed E-state index contributed by atoms with van der Waals surface area (Å²) in [5, 5.41) is 4.90. The highest BCUT2D eigenvalue weighted by molar-refractivity contribution is 6.06. The molecule has 0 radical (unpaired) electrons. The lowest BCUT2D eigenvalue weighted by Gasteiger charge is -2.11. The molecule has 23 heavy (non-hydrogen) atoms. The molecule has 0 saturated carbocycles. The Balaban J connectivity index is 2.27. The van der Waals surface area contributed by atoms with E-state index in [1.807, 2.05) is 0 Å². The Bertz CT molecular complexity index is 724. The van der Waals surface area contributed by atoms with Crippen LogP contribution in [0.3, 0.4) is 0 Å². The minimum absolute atomic E-state index is 0.0924. The second kappa shape index (κ2) is 7.12. The summed E-state index contributed by atoms with van der Waals surface area (Å²) in [4.78, 5) is 35.3. The summed E-state index contributed by atoms with van der Waals surface area (Å²) < 4.78 is 14.2. The van der Waals surface area contributed by atoms with Crippen LogP contribution in [0.15, 0.2) is 41.0 Å². The number of urea groups is 1. The standard InChI is InChI=1S/C15H14N2O6/c1-21-13(18)9-5-6-10(14(19)22-2)11(8-9)16-15(20)17-12-4-3-7-23-12/h3-8H,1-2H3,(H2,16,17,20). The van der Waals surface area contributed by atoms with Crippen molar-refractivity contribution < 1.29 is 28.3 Å². The Hall–Kier alpha value is -3.29. The zero-order valence-corrected chi connectivity index (χ0v) is 12.4. The maximum Gasteiger partial charge on any atom is 0.339 e. The van der Waals surface area contributed by atoms with Crippen LogP contribution in [-0.2, 0) is 9.47 Å². The van der Waals surface area contributed by atoms with Gasteiger partial charge in [-0.05, 0) is 24.3 Å². The van der Waals surface area contributed by atoms with Crippen LogP contribution >= 0.6 is 0 Å². The molecule has 8 nitrogen and oxygen atoms in total. The van der Waals surface area contributed by atoms with Crippen molar-refractivity contribution >= 4 is 29.5 Å². The van der Waals surface area contributed by atoms with E-state index < -0.39 is 18.0 Å². The van der Waals surface area contributed by atoms with E-state index in [0.29, 0.717) is 0 Å². The molecule has 0 unspecified atom stereocenters. The fraction of sp³-hybridized carbons (Fsp3) is 0.133. The van der Waals surface area contributed by atoms with Crippen molar-refractivity contribution in [2.45, 2.75) is 0 Å². The molecule has 2 amide bonds. The van der Waals surface area contributed by atoms with Gasteiger partial charge in [0, 0.05) is 6.07 Å². The lowest BCUT2D eigenvalue weighted by Crippen LogP contribution is -2.21. The number of hydrogen-bond acceptors (Lipinski definition) is 6. The van der Waals surface area contributed by atoms with E-state index in [1.165, 1.54) is 38.7 Å². The number of benzene rings is 1. The third kappa shape index (κ3) is 3.88. The number of furan rings is 1. The number of methoxy groups -OCH3 is 2. The number of nitrogens with one attached hydrogen (secondary N) is 2. The quantitative estimate of drug-likeness (QED) is 0.839. The number of esters is 2. The maximum absolute atomic E-state index is 11.9. The van der Waals surface area contributed by atoms with Gasteiger partial charge in [-0.15, -0.1) is 0 Å². The lowest BCUT2D eigenvalue weighted by atomic mass is 10.1. The average molecular weight is 318 g/mol. The van der Waals surface area contributed by atoms with E-state index in [0.717, 1.165) is 0 Å². The lowest BCUT2D eigenvalue weighted by molar-refractivity contribution is 0.0587. The fourth-order valence-electron chi connectivity index (χ4n) is 1.80. The van der Waals surface area contributed by atoms with Crippen LogP contribution in [0.1, 0.15) is 20.7 Å². The second-order valence-electron chi connectivity index (χ2n) is 4.30. The van der Waals surface area contributed by atoms with Crippen molar-refractivity contribution in [1.82, 2.24) is 0 Å². The molecule has 1 heterocycles. The average Bonchev–Trinajstić information content (AvgIpc) is 3.06. The maximum atomic E-state index is 11.9. The number of anilines is 2. The summed E-state index contributed by atoms with van der Waals surface area (Å²) in [7, 11) is 2.44. The molecule has 2 aromatic rings. The van der Waals surface area contributed by atoms with Gasteiger partial charge >= 0.3 is 18.0 Å². The van der Waals surface area contributed by atoms with Crippen molar-refractivity contribution in [2.24, 2.45) is 0 Å². The smallest absolute Gasteiger partial charge is 0.339 e. The highest BCUT2D eigenvalue weighted by Crippen LogP contribution is 2.20. The molecule has 0 bridgehead atoms. The molecule has 0 atom stereocenters. The van der Waals surface area contributed by atoms with Gasteiger partial charge in [0.05, 0.1) is 37.3 Å². The van der Waals surface area contributed by atoms with Crippen LogP contribution in [-0.4, -0.2) is 32.2 Å². The van der Waals surface area contributed by atoms with Gasteiger partial charge in [-0.25, -0.2) is 14.4 Å². The highest BCUT2D eigenvalue weighted by atomic mass is 16.5. The normalized spacial score (nSPS) is 9.83. The zero-order valence-electron chi connectivity index (χ0n) is 12.4. The third-order valence-corrected chi connectivity index (χ3v) is 2.85. The molecule has 2 N–H and O–H groups in total. The first-order valence-corrected chi connectivity index (χ1v) is 6.47. The van der Waals surface area contributed by atoms with Crippen molar-refractivity contribution in [2.75, 3.05) is 24.9 Å². The van der Waals surface area contributed by atoms with Crippen molar-refractivity contribution in [1.29, 1.82) is 0 Å². The fourth-order valence-corrected chi connectivity index (χ4v) is 1.80. The van der Waals surface area contributed by atoms with Crippen molar-refractivity contribution in [3.8, 4) is 0 Å². The number of amides is 2. The van der Waals surface area contributed by atoms with E-state index in [-0.39, 0.29) is 22.7 Å². The third-order valence-electron chi connectivity index (χ3n) is 2.85. The van der Waals surface area contributed by atoms with Crippen LogP contribution < -0.4 is 10.6 Å². The van der Waals surface area contributed by atoms with Crippen LogP contribution in [0, 0.1) is 0 Å². The van der Waals surface area contributed by atoms with Gasteiger partial charge in [-0.1, -0.05) is 0 Å². The molecule has 0 fully saturated rings. The summed E-state index contributed by atoms with van der Waals surface area (Å²) in [5.74, 6) is -1.03. The first-order valence-electron chi connectivity index (χ1n) is 6.47. The predicted molar refractivity (Wildman–Crippen MR) is 80.5 cm³/mol. The summed E-state index contributed by atoms with van der Waals surface area (Å²) in [6.07, 6.45) is 1.40. The van der Waals surface area contributed by atoms with E-state index in [4.69, 9.17) is 4.42 Å². The number of carbonyl (C=O) groups is 3. The van der Waals surface area contributed by atoms with E-state index in [1.54, 1.807) is 12.1 Å². The molecule has 0 aliphatic rings. The first kappa shape index (κ1) is 16.1. The summed E-state index contributed by atoms with van der Waals surface area (Å²) in [5.41, 5.74) is 0.368. The van der Waals surface area contributed by atoms with Crippen LogP contribution in [0.25, 0.3) is 0 Å². The summed E-state index contributed by atoms with van der Waals surface area (Å²) in [6.45, 7) is 0. The number of carbonyl (C=O) groups excluding carboxylic acids is 3. The molecule has 0 spiro atoms. The van der Waals surface area contributed by atoms with Crippen LogP contribution in [0.5, 0.6) is 0 Å². The van der Waals surface area contributed by atoms with Gasteiger partial charge in [-0.2, -0.15) is 0 Å². The van der Waals surface area contributed by atoms with Gasteiger partial charge < -0.3 is 19.2 Å². The first-order chi connectivity index (χ1) is 11.0. The predicted octanol–water partition coefficient (Wildman–Crippen LogP) is 2.50. The molecule has 2 rings (SSSR count). The Morgan fingerprint density at radius 1 is 1.00 bits per heavy atom. The number of ether oxygens (including phenoxy) is 2. The topological polar surface area (TPSA) is 107 Å². The molecule has 1 aromatic heterocycles. The van der Waals surface area contributed by atoms with Gasteiger partial charge in [0.25, 0.3) is 0 Å². The second-order valence-corrected chi connectivity index (χ2v) is 4.30. The Morgan fingerprint density at radius 2 is 1.74 bits per heavy atom. The number of rotatable bonds is 4. The Labute approximate surface area is 131 Å². The number of hydrogen-bond donors (Lipinski definition) is 2. The van der Waals surface area contributed by atoms with Gasteiger partial charge in [0.2, 0.25) is 5.88 Å². The van der Waals surface area contributed by atoms with Crippen molar-refractivity contribution in [3.63, 3.8) is 0 Å². The van der Waals surface area contributed by atoms with E-state index in [9.17, 15) is 14.4 Å². The monoisotopic (exact) mass is 318 g/mol. The SMILES string of the molecule is COC(=O)c1ccc(C(=O)OC)c(NC(=O)Nc2ccco2)c1. The van der Waals surface area contributed by atoms with Crippen LogP contribution in [0.2, 0.25) is 0 Å². The highest BCUT2D eigenvalue weighted by Gasteiger charge is 2.17. The Kier molecular flexibility index (Phi) is 4.98. The van der Waals surface area contributed by atoms with E-state index in [2.05, 4.69) is 20.1 Å². The minimum Gasteiger partial charge on any atom is -0.465 e. The molecule has 0 aliphatic carbocycles. The summed E-state index contributed by atoms with van der Waals surface area (Å²) in [6, 6.07) is 6.58. The molecule has 1 aromatic carbocycles. The zero-order chi connectivity index (χ0) is 16.8. The molecule has 0 saturated heterocycles. The molecule has 120 valence electrons. The molecule has 0 aliphatic heterocycles. The largest absolute Gasteiger partial charge is 0.465 e. The summed E-state index contributed by atoms with van der Waals surface area (Å²) >= 11 is 0. The Morgan fingerprint density at radius 3 is 2.35 bits per heavy atom. The van der Waals surface area contributed by atoms with Gasteiger partial charge in [0.15, 0.2) is 0 Å². The van der Waals surface area contributed by atoms with E-state index >= 15 is 0 Å². The molecular weight excluding hydrogens is 304 g/mol. The van der Waals surface area contributed by atoms with Gasteiger partial charge in [-0.3, -0.25) is 5.32 Å². The van der Waals surface area contributed by atoms with Gasteiger partial charge in [0.1, 0.15) is 0 Å². The van der Waals surface area contributed by atoms with Crippen molar-refractivity contribution in [3.05, 3.63) is 47.7 Å². The molecular formula is C15H14N2O6. The van der Waals surface area contributed by atoms with Crippen LogP contribution in [0.4, 0.5) is 16.4 Å². The molecule has 8 heteroatoms. The minimum atomic E-state index is -0.658.